The van der Waals surface area contributed by atoms with Crippen LogP contribution in [0.3, 0.4) is 0 Å². The van der Waals surface area contributed by atoms with E-state index in [0.29, 0.717) is 25.9 Å². The van der Waals surface area contributed by atoms with Crippen LogP contribution in [0.15, 0.2) is 24.3 Å². The number of hydrogen-bond donors (Lipinski definition) is 0. The molecule has 3 aromatic rings. The smallest absolute Gasteiger partial charge is 0.262 e. The maximum atomic E-state index is 13.4. The van der Waals surface area contributed by atoms with Gasteiger partial charge in [-0.3, -0.25) is 14.6 Å². The lowest BCUT2D eigenvalue weighted by Crippen LogP contribution is -2.39. The van der Waals surface area contributed by atoms with Crippen molar-refractivity contribution in [3.63, 3.8) is 0 Å². The zero-order valence-corrected chi connectivity index (χ0v) is 19.8. The molecule has 1 aromatic carbocycles. The van der Waals surface area contributed by atoms with Gasteiger partial charge in [0.2, 0.25) is 0 Å². The molecule has 4 rings (SSSR count). The van der Waals surface area contributed by atoms with Crippen molar-refractivity contribution < 1.29 is 9.53 Å². The standard InChI is InChI=1S/C21H23Cl2N3O2S2/c1-2-14-5-3-6-16-18(14)24-21(29-16)26(8-4-7-25-9-11-28-12-10-25)20(27)15-13-17(22)30-19(15)23/h3,5-6,13H,2,4,7-12H2,1H3. The molecule has 0 atom stereocenters. The Hall–Kier alpha value is -1.22. The van der Waals surface area contributed by atoms with Crippen LogP contribution in [0.1, 0.15) is 29.3 Å². The summed E-state index contributed by atoms with van der Waals surface area (Å²) in [5.41, 5.74) is 2.60. The van der Waals surface area contributed by atoms with Crippen LogP contribution in [0.2, 0.25) is 8.67 Å². The molecule has 0 radical (unpaired) electrons. The highest BCUT2D eigenvalue weighted by Crippen LogP contribution is 2.35. The third-order valence-corrected chi connectivity index (χ3v) is 7.73. The second kappa shape index (κ2) is 9.94. The number of anilines is 1. The van der Waals surface area contributed by atoms with Crippen molar-refractivity contribution in [2.24, 2.45) is 0 Å². The Bertz CT molecular complexity index is 1030. The maximum absolute atomic E-state index is 13.4. The molecule has 9 heteroatoms. The predicted octanol–water partition coefficient (Wildman–Crippen LogP) is 5.60. The van der Waals surface area contributed by atoms with Gasteiger partial charge in [-0.15, -0.1) is 11.3 Å². The number of para-hydroxylation sites is 1. The molecule has 1 aliphatic rings. The molecule has 1 fully saturated rings. The molecule has 1 aliphatic heterocycles. The molecule has 160 valence electrons. The molecule has 5 nitrogen and oxygen atoms in total. The van der Waals surface area contributed by atoms with E-state index in [4.69, 9.17) is 32.9 Å². The first-order chi connectivity index (χ1) is 14.6. The van der Waals surface area contributed by atoms with E-state index in [9.17, 15) is 4.79 Å². The van der Waals surface area contributed by atoms with E-state index >= 15 is 0 Å². The lowest BCUT2D eigenvalue weighted by Gasteiger charge is -2.27. The molecule has 30 heavy (non-hydrogen) atoms. The minimum atomic E-state index is -0.151. The van der Waals surface area contributed by atoms with Gasteiger partial charge in [-0.1, -0.05) is 53.6 Å². The number of thiophene rings is 1. The minimum absolute atomic E-state index is 0.151. The number of rotatable bonds is 7. The molecule has 2 aromatic heterocycles. The molecule has 0 N–H and O–H groups in total. The molecular formula is C21H23Cl2N3O2S2. The third kappa shape index (κ3) is 4.82. The van der Waals surface area contributed by atoms with E-state index < -0.39 is 0 Å². The Balaban J connectivity index is 1.61. The van der Waals surface area contributed by atoms with Gasteiger partial charge in [-0.05, 0) is 30.5 Å². The summed E-state index contributed by atoms with van der Waals surface area (Å²) in [5, 5.41) is 0.705. The molecule has 0 saturated carbocycles. The van der Waals surface area contributed by atoms with Gasteiger partial charge in [0.05, 0.1) is 33.3 Å². The molecule has 0 aliphatic carbocycles. The summed E-state index contributed by atoms with van der Waals surface area (Å²) in [6.07, 6.45) is 1.75. The molecular weight excluding hydrogens is 461 g/mol. The number of thiazole rings is 1. The first-order valence-corrected chi connectivity index (χ1v) is 12.4. The molecule has 1 saturated heterocycles. The molecule has 3 heterocycles. The zero-order chi connectivity index (χ0) is 21.1. The second-order valence-corrected chi connectivity index (χ2v) is 10.4. The van der Waals surface area contributed by atoms with E-state index in [1.807, 2.05) is 6.07 Å². The number of morpholine rings is 1. The van der Waals surface area contributed by atoms with E-state index in [2.05, 4.69) is 24.0 Å². The number of carbonyl (C=O) groups excluding carboxylic acids is 1. The molecule has 0 bridgehead atoms. The minimum Gasteiger partial charge on any atom is -0.379 e. The van der Waals surface area contributed by atoms with Crippen molar-refractivity contribution in [3.05, 3.63) is 44.1 Å². The average molecular weight is 484 g/mol. The highest BCUT2D eigenvalue weighted by molar-refractivity contribution is 7.22. The Labute approximate surface area is 194 Å². The van der Waals surface area contributed by atoms with Crippen LogP contribution in [0.5, 0.6) is 0 Å². The summed E-state index contributed by atoms with van der Waals surface area (Å²) in [6.45, 7) is 7.00. The number of halogens is 2. The predicted molar refractivity (Wildman–Crippen MR) is 127 cm³/mol. The molecule has 0 unspecified atom stereocenters. The van der Waals surface area contributed by atoms with Crippen molar-refractivity contribution in [1.29, 1.82) is 0 Å². The van der Waals surface area contributed by atoms with Gasteiger partial charge in [0.25, 0.3) is 5.91 Å². The lowest BCUT2D eigenvalue weighted by molar-refractivity contribution is 0.0376. The van der Waals surface area contributed by atoms with E-state index in [-0.39, 0.29) is 5.91 Å². The Morgan fingerprint density at radius 1 is 1.27 bits per heavy atom. The van der Waals surface area contributed by atoms with Crippen LogP contribution in [0, 0.1) is 0 Å². The van der Waals surface area contributed by atoms with Gasteiger partial charge in [0.1, 0.15) is 4.34 Å². The first-order valence-electron chi connectivity index (χ1n) is 10.0. The summed E-state index contributed by atoms with van der Waals surface area (Å²) in [7, 11) is 0. The quantitative estimate of drug-likeness (QED) is 0.438. The monoisotopic (exact) mass is 483 g/mol. The normalized spacial score (nSPS) is 15.0. The largest absolute Gasteiger partial charge is 0.379 e. The average Bonchev–Trinajstić information content (AvgIpc) is 3.33. The highest BCUT2D eigenvalue weighted by atomic mass is 35.5. The number of ether oxygens (including phenoxy) is 1. The summed E-state index contributed by atoms with van der Waals surface area (Å²) < 4.78 is 7.43. The number of aryl methyl sites for hydroxylation is 1. The van der Waals surface area contributed by atoms with Crippen molar-refractivity contribution in [2.45, 2.75) is 19.8 Å². The number of aromatic nitrogens is 1. The number of amides is 1. The fourth-order valence-electron chi connectivity index (χ4n) is 3.59. The van der Waals surface area contributed by atoms with Gasteiger partial charge in [-0.2, -0.15) is 0 Å². The van der Waals surface area contributed by atoms with Crippen LogP contribution < -0.4 is 4.90 Å². The summed E-state index contributed by atoms with van der Waals surface area (Å²) in [4.78, 5) is 22.4. The van der Waals surface area contributed by atoms with Crippen molar-refractivity contribution in [3.8, 4) is 0 Å². The second-order valence-electron chi connectivity index (χ2n) is 7.12. The molecule has 0 spiro atoms. The number of fused-ring (bicyclic) bond motifs is 1. The fourth-order valence-corrected chi connectivity index (χ4v) is 6.07. The van der Waals surface area contributed by atoms with Crippen molar-refractivity contribution in [2.75, 3.05) is 44.3 Å². The van der Waals surface area contributed by atoms with Crippen LogP contribution in [-0.4, -0.2) is 55.2 Å². The SMILES string of the molecule is CCc1cccc2sc(N(CCCN3CCOCC3)C(=O)c3cc(Cl)sc3Cl)nc12. The van der Waals surface area contributed by atoms with Gasteiger partial charge in [-0.25, -0.2) is 4.98 Å². The third-order valence-electron chi connectivity index (χ3n) is 5.20. The zero-order valence-electron chi connectivity index (χ0n) is 16.7. The maximum Gasteiger partial charge on any atom is 0.262 e. The molecule has 1 amide bonds. The number of benzene rings is 1. The number of hydrogen-bond acceptors (Lipinski definition) is 6. The summed E-state index contributed by atoms with van der Waals surface area (Å²) in [6, 6.07) is 7.84. The van der Waals surface area contributed by atoms with Crippen LogP contribution in [-0.2, 0) is 11.2 Å². The van der Waals surface area contributed by atoms with Crippen LogP contribution >= 0.6 is 45.9 Å². The Kier molecular flexibility index (Phi) is 7.28. The van der Waals surface area contributed by atoms with E-state index in [1.165, 1.54) is 16.9 Å². The fraction of sp³-hybridized carbons (Fsp3) is 0.429. The van der Waals surface area contributed by atoms with Crippen LogP contribution in [0.25, 0.3) is 10.2 Å². The van der Waals surface area contributed by atoms with Gasteiger partial charge in [0, 0.05) is 26.2 Å². The summed E-state index contributed by atoms with van der Waals surface area (Å²) >= 11 is 15.2. The van der Waals surface area contributed by atoms with E-state index in [1.54, 1.807) is 22.3 Å². The highest BCUT2D eigenvalue weighted by Gasteiger charge is 2.25. The van der Waals surface area contributed by atoms with Crippen molar-refractivity contribution in [1.82, 2.24) is 9.88 Å². The van der Waals surface area contributed by atoms with Gasteiger partial charge in [0.15, 0.2) is 5.13 Å². The Morgan fingerprint density at radius 3 is 2.77 bits per heavy atom. The van der Waals surface area contributed by atoms with Gasteiger partial charge >= 0.3 is 0 Å². The first kappa shape index (κ1) is 22.0. The van der Waals surface area contributed by atoms with E-state index in [0.717, 1.165) is 55.9 Å². The summed E-state index contributed by atoms with van der Waals surface area (Å²) in [5.74, 6) is -0.151. The topological polar surface area (TPSA) is 45.7 Å². The lowest BCUT2D eigenvalue weighted by atomic mass is 10.1. The van der Waals surface area contributed by atoms with Crippen molar-refractivity contribution >= 4 is 67.1 Å². The van der Waals surface area contributed by atoms with Gasteiger partial charge < -0.3 is 4.74 Å². The number of nitrogens with zero attached hydrogens (tertiary/aromatic N) is 3. The number of carbonyl (C=O) groups is 1. The Morgan fingerprint density at radius 2 is 2.07 bits per heavy atom. The van der Waals surface area contributed by atoms with Crippen LogP contribution in [0.4, 0.5) is 5.13 Å².